The molecule has 1 nitrogen and oxygen atoms in total. The molecule has 0 amide bonds. The largest absolute Gasteiger partial charge is 0.330 e. The topological polar surface area (TPSA) is 26.0 Å². The van der Waals surface area contributed by atoms with Crippen LogP contribution in [0.3, 0.4) is 0 Å². The summed E-state index contributed by atoms with van der Waals surface area (Å²) in [5, 5.41) is 0. The van der Waals surface area contributed by atoms with Crippen molar-refractivity contribution in [3.63, 3.8) is 0 Å². The van der Waals surface area contributed by atoms with Gasteiger partial charge in [-0.25, -0.2) is 0 Å². The molecule has 0 aromatic heterocycles. The Morgan fingerprint density at radius 2 is 2.07 bits per heavy atom. The average Bonchev–Trinajstić information content (AvgIpc) is 2.14. The second kappa shape index (κ2) is 3.67. The van der Waals surface area contributed by atoms with E-state index in [1.807, 2.05) is 0 Å². The van der Waals surface area contributed by atoms with Crippen LogP contribution in [0.1, 0.15) is 25.3 Å². The molecule has 0 bridgehead atoms. The number of nitrogens with two attached hydrogens (primary N) is 1. The SMILES string of the molecule is CC1CC(CN)(c2ccccc2Br)C1. The summed E-state index contributed by atoms with van der Waals surface area (Å²) in [6, 6.07) is 8.46. The summed E-state index contributed by atoms with van der Waals surface area (Å²) in [6.07, 6.45) is 2.46. The maximum atomic E-state index is 5.91. The van der Waals surface area contributed by atoms with E-state index in [1.54, 1.807) is 0 Å². The molecule has 1 saturated carbocycles. The molecule has 14 heavy (non-hydrogen) atoms. The lowest BCUT2D eigenvalue weighted by atomic mass is 9.59. The van der Waals surface area contributed by atoms with Gasteiger partial charge in [0, 0.05) is 16.4 Å². The summed E-state index contributed by atoms with van der Waals surface area (Å²) in [5.41, 5.74) is 7.55. The third-order valence-electron chi connectivity index (χ3n) is 3.31. The Morgan fingerprint density at radius 3 is 2.57 bits per heavy atom. The monoisotopic (exact) mass is 253 g/mol. The van der Waals surface area contributed by atoms with E-state index >= 15 is 0 Å². The van der Waals surface area contributed by atoms with Crippen LogP contribution >= 0.6 is 15.9 Å². The molecule has 2 heteroatoms. The van der Waals surface area contributed by atoms with Crippen molar-refractivity contribution in [3.8, 4) is 0 Å². The summed E-state index contributed by atoms with van der Waals surface area (Å²) in [5.74, 6) is 0.825. The van der Waals surface area contributed by atoms with Gasteiger partial charge in [0.1, 0.15) is 0 Å². The lowest BCUT2D eigenvalue weighted by Gasteiger charge is -2.47. The second-order valence-corrected chi connectivity index (χ2v) is 5.33. The van der Waals surface area contributed by atoms with Gasteiger partial charge in [-0.15, -0.1) is 0 Å². The molecule has 1 aliphatic carbocycles. The molecule has 0 radical (unpaired) electrons. The molecular formula is C12H16BrN. The standard InChI is InChI=1S/C12H16BrN/c1-9-6-12(7-9,8-14)10-4-2-3-5-11(10)13/h2-5,9H,6-8,14H2,1H3. The van der Waals surface area contributed by atoms with Crippen molar-refractivity contribution in [2.24, 2.45) is 11.7 Å². The zero-order chi connectivity index (χ0) is 10.2. The van der Waals surface area contributed by atoms with E-state index in [1.165, 1.54) is 22.9 Å². The molecule has 0 unspecified atom stereocenters. The number of benzene rings is 1. The molecule has 2 rings (SSSR count). The highest BCUT2D eigenvalue weighted by molar-refractivity contribution is 9.10. The molecule has 0 atom stereocenters. The van der Waals surface area contributed by atoms with Crippen LogP contribution in [-0.4, -0.2) is 6.54 Å². The summed E-state index contributed by atoms with van der Waals surface area (Å²) in [7, 11) is 0. The lowest BCUT2D eigenvalue weighted by molar-refractivity contribution is 0.164. The molecule has 0 heterocycles. The molecule has 1 fully saturated rings. The minimum atomic E-state index is 0.250. The fourth-order valence-corrected chi connectivity index (χ4v) is 3.37. The highest BCUT2D eigenvalue weighted by atomic mass is 79.9. The second-order valence-electron chi connectivity index (χ2n) is 4.48. The number of hydrogen-bond acceptors (Lipinski definition) is 1. The van der Waals surface area contributed by atoms with Gasteiger partial charge in [0.05, 0.1) is 0 Å². The number of halogens is 1. The molecule has 0 spiro atoms. The van der Waals surface area contributed by atoms with Gasteiger partial charge < -0.3 is 5.73 Å². The Hall–Kier alpha value is -0.340. The number of rotatable bonds is 2. The van der Waals surface area contributed by atoms with E-state index in [0.29, 0.717) is 0 Å². The highest BCUT2D eigenvalue weighted by Crippen LogP contribution is 2.48. The average molecular weight is 254 g/mol. The fraction of sp³-hybridized carbons (Fsp3) is 0.500. The number of hydrogen-bond donors (Lipinski definition) is 1. The summed E-state index contributed by atoms with van der Waals surface area (Å²) < 4.78 is 1.21. The quantitative estimate of drug-likeness (QED) is 0.862. The van der Waals surface area contributed by atoms with Crippen LogP contribution in [0.15, 0.2) is 28.7 Å². The Bertz CT molecular complexity index is 329. The minimum Gasteiger partial charge on any atom is -0.330 e. The third kappa shape index (κ3) is 1.51. The Labute approximate surface area is 93.8 Å². The van der Waals surface area contributed by atoms with Gasteiger partial charge >= 0.3 is 0 Å². The van der Waals surface area contributed by atoms with E-state index in [2.05, 4.69) is 47.1 Å². The summed E-state index contributed by atoms with van der Waals surface area (Å²) in [6.45, 7) is 3.06. The fourth-order valence-electron chi connectivity index (χ4n) is 2.66. The van der Waals surface area contributed by atoms with Crippen LogP contribution in [0, 0.1) is 5.92 Å². The van der Waals surface area contributed by atoms with E-state index < -0.39 is 0 Å². The van der Waals surface area contributed by atoms with Crippen molar-refractivity contribution in [1.82, 2.24) is 0 Å². The molecule has 1 aromatic carbocycles. The zero-order valence-electron chi connectivity index (χ0n) is 8.46. The van der Waals surface area contributed by atoms with Gasteiger partial charge in [-0.3, -0.25) is 0 Å². The molecular weight excluding hydrogens is 238 g/mol. The summed E-state index contributed by atoms with van der Waals surface area (Å²) in [4.78, 5) is 0. The predicted octanol–water partition coefficient (Wildman–Crippen LogP) is 3.08. The van der Waals surface area contributed by atoms with Crippen molar-refractivity contribution in [3.05, 3.63) is 34.3 Å². The van der Waals surface area contributed by atoms with Crippen LogP contribution in [-0.2, 0) is 5.41 Å². The minimum absolute atomic E-state index is 0.250. The summed E-state index contributed by atoms with van der Waals surface area (Å²) >= 11 is 3.61. The molecule has 1 aliphatic rings. The van der Waals surface area contributed by atoms with Crippen LogP contribution in [0.5, 0.6) is 0 Å². The first-order chi connectivity index (χ1) is 6.68. The molecule has 0 aliphatic heterocycles. The Balaban J connectivity index is 2.34. The van der Waals surface area contributed by atoms with Gasteiger partial charge in [-0.2, -0.15) is 0 Å². The maximum absolute atomic E-state index is 5.91. The lowest BCUT2D eigenvalue weighted by Crippen LogP contribution is -2.46. The molecule has 1 aromatic rings. The zero-order valence-corrected chi connectivity index (χ0v) is 10.0. The molecule has 0 saturated heterocycles. The van der Waals surface area contributed by atoms with Crippen molar-refractivity contribution in [2.45, 2.75) is 25.2 Å². The first-order valence-electron chi connectivity index (χ1n) is 5.13. The Kier molecular flexibility index (Phi) is 2.67. The normalized spacial score (nSPS) is 31.2. The maximum Gasteiger partial charge on any atom is 0.0213 e. The first-order valence-corrected chi connectivity index (χ1v) is 5.92. The van der Waals surface area contributed by atoms with Crippen molar-refractivity contribution in [2.75, 3.05) is 6.54 Å². The Morgan fingerprint density at radius 1 is 1.43 bits per heavy atom. The van der Waals surface area contributed by atoms with Crippen molar-refractivity contribution >= 4 is 15.9 Å². The highest BCUT2D eigenvalue weighted by Gasteiger charge is 2.43. The molecule has 2 N–H and O–H groups in total. The van der Waals surface area contributed by atoms with Crippen molar-refractivity contribution < 1.29 is 0 Å². The van der Waals surface area contributed by atoms with E-state index in [-0.39, 0.29) is 5.41 Å². The van der Waals surface area contributed by atoms with Crippen molar-refractivity contribution in [1.29, 1.82) is 0 Å². The van der Waals surface area contributed by atoms with E-state index in [0.717, 1.165) is 12.5 Å². The van der Waals surface area contributed by atoms with Gasteiger partial charge in [-0.1, -0.05) is 41.1 Å². The van der Waals surface area contributed by atoms with Crippen LogP contribution in [0.25, 0.3) is 0 Å². The van der Waals surface area contributed by atoms with Crippen LogP contribution in [0.2, 0.25) is 0 Å². The van der Waals surface area contributed by atoms with Crippen LogP contribution < -0.4 is 5.73 Å². The van der Waals surface area contributed by atoms with Crippen LogP contribution in [0.4, 0.5) is 0 Å². The van der Waals surface area contributed by atoms with E-state index in [9.17, 15) is 0 Å². The predicted molar refractivity (Wildman–Crippen MR) is 63.3 cm³/mol. The first kappa shape index (κ1) is 10.2. The van der Waals surface area contributed by atoms with Gasteiger partial charge in [-0.05, 0) is 30.4 Å². The smallest absolute Gasteiger partial charge is 0.0213 e. The van der Waals surface area contributed by atoms with Gasteiger partial charge in [0.25, 0.3) is 0 Å². The van der Waals surface area contributed by atoms with E-state index in [4.69, 9.17) is 5.73 Å². The van der Waals surface area contributed by atoms with Gasteiger partial charge in [0.15, 0.2) is 0 Å². The van der Waals surface area contributed by atoms with Gasteiger partial charge in [0.2, 0.25) is 0 Å². The molecule has 76 valence electrons. The third-order valence-corrected chi connectivity index (χ3v) is 4.01.